The average Bonchev–Trinajstić information content (AvgIpc) is 3.29. The maximum absolute atomic E-state index is 3.57. The van der Waals surface area contributed by atoms with Crippen LogP contribution in [0.1, 0.15) is 29.5 Å². The van der Waals surface area contributed by atoms with Crippen molar-refractivity contribution in [2.24, 2.45) is 0 Å². The molecular formula is C18H21NS. The number of thioether (sulfide) groups is 1. The highest BCUT2D eigenvalue weighted by Gasteiger charge is 2.19. The Morgan fingerprint density at radius 1 is 1.05 bits per heavy atom. The van der Waals surface area contributed by atoms with E-state index in [9.17, 15) is 0 Å². The summed E-state index contributed by atoms with van der Waals surface area (Å²) < 4.78 is 0. The summed E-state index contributed by atoms with van der Waals surface area (Å²) in [6.07, 6.45) is 2.70. The summed E-state index contributed by atoms with van der Waals surface area (Å²) in [6.45, 7) is 3.23. The van der Waals surface area contributed by atoms with E-state index in [-0.39, 0.29) is 0 Å². The summed E-state index contributed by atoms with van der Waals surface area (Å²) in [7, 11) is 0. The van der Waals surface area contributed by atoms with Gasteiger partial charge < -0.3 is 5.32 Å². The summed E-state index contributed by atoms with van der Waals surface area (Å²) in [4.78, 5) is 1.39. The molecule has 0 saturated heterocycles. The third-order valence-electron chi connectivity index (χ3n) is 3.65. The third-order valence-corrected chi connectivity index (χ3v) is 4.90. The second-order valence-electron chi connectivity index (χ2n) is 5.53. The second-order valence-corrected chi connectivity index (χ2v) is 6.55. The first-order valence-corrected chi connectivity index (χ1v) is 8.29. The highest BCUT2D eigenvalue weighted by atomic mass is 32.2. The molecule has 104 valence electrons. The molecule has 1 aliphatic carbocycles. The lowest BCUT2D eigenvalue weighted by Gasteiger charge is -2.09. The first kappa shape index (κ1) is 13.7. The van der Waals surface area contributed by atoms with Crippen LogP contribution in [0.15, 0.2) is 53.4 Å². The summed E-state index contributed by atoms with van der Waals surface area (Å²) in [5.41, 5.74) is 4.18. The molecule has 0 atom stereocenters. The molecule has 0 radical (unpaired) electrons. The van der Waals surface area contributed by atoms with Gasteiger partial charge in [-0.05, 0) is 42.5 Å². The zero-order chi connectivity index (χ0) is 13.8. The van der Waals surface area contributed by atoms with Crippen LogP contribution in [0.2, 0.25) is 0 Å². The normalized spacial score (nSPS) is 14.4. The van der Waals surface area contributed by atoms with Crippen LogP contribution >= 0.6 is 11.8 Å². The molecule has 3 rings (SSSR count). The number of hydrogen-bond donors (Lipinski definition) is 1. The smallest absolute Gasteiger partial charge is 0.0232 e. The first-order chi connectivity index (χ1) is 9.81. The molecule has 0 spiro atoms. The number of benzene rings is 2. The van der Waals surface area contributed by atoms with Crippen LogP contribution < -0.4 is 5.32 Å². The Labute approximate surface area is 125 Å². The van der Waals surface area contributed by atoms with Gasteiger partial charge in [0, 0.05) is 23.2 Å². The molecule has 2 aromatic rings. The number of rotatable bonds is 6. The van der Waals surface area contributed by atoms with Crippen molar-refractivity contribution in [2.45, 2.75) is 43.0 Å². The van der Waals surface area contributed by atoms with Crippen LogP contribution in [0.5, 0.6) is 0 Å². The molecule has 1 saturated carbocycles. The summed E-state index contributed by atoms with van der Waals surface area (Å²) in [6, 6.07) is 18.3. The summed E-state index contributed by atoms with van der Waals surface area (Å²) in [5, 5.41) is 3.57. The molecule has 0 unspecified atom stereocenters. The van der Waals surface area contributed by atoms with Gasteiger partial charge in [0.2, 0.25) is 0 Å². The molecular weight excluding hydrogens is 262 g/mol. The molecule has 1 nitrogen and oxygen atoms in total. The molecule has 2 aromatic carbocycles. The molecule has 0 aliphatic heterocycles. The van der Waals surface area contributed by atoms with E-state index in [2.05, 4.69) is 60.8 Å². The fraction of sp³-hybridized carbons (Fsp3) is 0.333. The van der Waals surface area contributed by atoms with Gasteiger partial charge in [-0.2, -0.15) is 0 Å². The van der Waals surface area contributed by atoms with E-state index < -0.39 is 0 Å². The van der Waals surface area contributed by atoms with Crippen molar-refractivity contribution in [3.05, 3.63) is 65.2 Å². The van der Waals surface area contributed by atoms with Gasteiger partial charge in [-0.1, -0.05) is 42.5 Å². The highest BCUT2D eigenvalue weighted by Crippen LogP contribution is 2.27. The van der Waals surface area contributed by atoms with Crippen molar-refractivity contribution in [3.63, 3.8) is 0 Å². The number of hydrogen-bond acceptors (Lipinski definition) is 2. The SMILES string of the molecule is Cc1cc(CNC2CC2)ccc1SCc1ccccc1. The Balaban J connectivity index is 1.58. The van der Waals surface area contributed by atoms with E-state index in [1.807, 2.05) is 11.8 Å². The molecule has 1 N–H and O–H groups in total. The molecule has 0 amide bonds. The van der Waals surface area contributed by atoms with Gasteiger partial charge in [0.25, 0.3) is 0 Å². The molecule has 0 aromatic heterocycles. The largest absolute Gasteiger partial charge is 0.310 e. The maximum atomic E-state index is 3.57. The Kier molecular flexibility index (Phi) is 4.44. The van der Waals surface area contributed by atoms with E-state index in [4.69, 9.17) is 0 Å². The fourth-order valence-corrected chi connectivity index (χ4v) is 3.23. The van der Waals surface area contributed by atoms with E-state index >= 15 is 0 Å². The summed E-state index contributed by atoms with van der Waals surface area (Å²) in [5.74, 6) is 1.04. The lowest BCUT2D eigenvalue weighted by molar-refractivity contribution is 0.687. The monoisotopic (exact) mass is 283 g/mol. The standard InChI is InChI=1S/C18H21NS/c1-14-11-16(12-19-17-8-9-17)7-10-18(14)20-13-15-5-3-2-4-6-15/h2-7,10-11,17,19H,8-9,12-13H2,1H3. The lowest BCUT2D eigenvalue weighted by Crippen LogP contribution is -2.15. The Bertz CT molecular complexity index is 561. The van der Waals surface area contributed by atoms with E-state index in [1.54, 1.807) is 0 Å². The maximum Gasteiger partial charge on any atom is 0.0232 e. The van der Waals surface area contributed by atoms with E-state index in [0.29, 0.717) is 0 Å². The third kappa shape index (κ3) is 3.87. The molecule has 20 heavy (non-hydrogen) atoms. The van der Waals surface area contributed by atoms with Crippen molar-refractivity contribution in [1.29, 1.82) is 0 Å². The topological polar surface area (TPSA) is 12.0 Å². The molecule has 1 fully saturated rings. The Morgan fingerprint density at radius 2 is 1.85 bits per heavy atom. The average molecular weight is 283 g/mol. The second kappa shape index (κ2) is 6.47. The quantitative estimate of drug-likeness (QED) is 0.781. The van der Waals surface area contributed by atoms with Gasteiger partial charge in [0.1, 0.15) is 0 Å². The minimum Gasteiger partial charge on any atom is -0.310 e. The van der Waals surface area contributed by atoms with Gasteiger partial charge in [-0.25, -0.2) is 0 Å². The van der Waals surface area contributed by atoms with Crippen molar-refractivity contribution < 1.29 is 0 Å². The van der Waals surface area contributed by atoms with E-state index in [1.165, 1.54) is 34.4 Å². The van der Waals surface area contributed by atoms with Crippen LogP contribution in [-0.2, 0) is 12.3 Å². The van der Waals surface area contributed by atoms with Gasteiger partial charge in [0.05, 0.1) is 0 Å². The highest BCUT2D eigenvalue weighted by molar-refractivity contribution is 7.98. The summed E-state index contributed by atoms with van der Waals surface area (Å²) >= 11 is 1.93. The minimum absolute atomic E-state index is 0.780. The zero-order valence-electron chi connectivity index (χ0n) is 11.9. The van der Waals surface area contributed by atoms with Crippen molar-refractivity contribution in [2.75, 3.05) is 0 Å². The van der Waals surface area contributed by atoms with Crippen molar-refractivity contribution in [3.8, 4) is 0 Å². The Hall–Kier alpha value is -1.25. The van der Waals surface area contributed by atoms with Crippen LogP contribution in [0, 0.1) is 6.92 Å². The minimum atomic E-state index is 0.780. The van der Waals surface area contributed by atoms with Gasteiger partial charge in [-0.15, -0.1) is 11.8 Å². The number of nitrogens with one attached hydrogen (secondary N) is 1. The predicted octanol–water partition coefficient (Wildman–Crippen LogP) is 4.54. The molecule has 1 aliphatic rings. The zero-order valence-corrected chi connectivity index (χ0v) is 12.7. The molecule has 0 heterocycles. The fourth-order valence-electron chi connectivity index (χ4n) is 2.27. The van der Waals surface area contributed by atoms with Crippen LogP contribution in [0.4, 0.5) is 0 Å². The predicted molar refractivity (Wildman–Crippen MR) is 87.0 cm³/mol. The van der Waals surface area contributed by atoms with Crippen molar-refractivity contribution >= 4 is 11.8 Å². The van der Waals surface area contributed by atoms with Gasteiger partial charge in [-0.3, -0.25) is 0 Å². The van der Waals surface area contributed by atoms with E-state index in [0.717, 1.165) is 18.3 Å². The van der Waals surface area contributed by atoms with Gasteiger partial charge in [0.15, 0.2) is 0 Å². The molecule has 0 bridgehead atoms. The van der Waals surface area contributed by atoms with Crippen molar-refractivity contribution in [1.82, 2.24) is 5.32 Å². The Morgan fingerprint density at radius 3 is 2.55 bits per heavy atom. The van der Waals surface area contributed by atoms with Crippen LogP contribution in [-0.4, -0.2) is 6.04 Å². The molecule has 2 heteroatoms. The van der Waals surface area contributed by atoms with Crippen LogP contribution in [0.3, 0.4) is 0 Å². The number of aryl methyl sites for hydroxylation is 1. The van der Waals surface area contributed by atoms with Crippen LogP contribution in [0.25, 0.3) is 0 Å². The lowest BCUT2D eigenvalue weighted by atomic mass is 10.1. The van der Waals surface area contributed by atoms with Gasteiger partial charge >= 0.3 is 0 Å². The first-order valence-electron chi connectivity index (χ1n) is 7.31.